The Balaban J connectivity index is 1.40. The molecule has 0 fully saturated rings. The molecule has 0 atom stereocenters. The molecule has 5 rings (SSSR count). The quantitative estimate of drug-likeness (QED) is 0.177. The second-order valence-electron chi connectivity index (χ2n) is 10.0. The van der Waals surface area contributed by atoms with Gasteiger partial charge < -0.3 is 24.8 Å². The maximum Gasteiger partial charge on any atom is 0.407 e. The van der Waals surface area contributed by atoms with E-state index in [2.05, 4.69) is 15.6 Å². The molecule has 11 nitrogen and oxygen atoms in total. The summed E-state index contributed by atoms with van der Waals surface area (Å²) in [6.07, 6.45) is 2.44. The Morgan fingerprint density at radius 1 is 1.00 bits per heavy atom. The number of anilines is 1. The molecule has 5 aromatic rings. The average Bonchev–Trinajstić information content (AvgIpc) is 3.30. The molecule has 0 radical (unpaired) electrons. The van der Waals surface area contributed by atoms with Gasteiger partial charge in [0.15, 0.2) is 11.6 Å². The number of hydrogen-bond donors (Lipinski definition) is 2. The summed E-state index contributed by atoms with van der Waals surface area (Å²) in [5.41, 5.74) is 0.635. The van der Waals surface area contributed by atoms with E-state index in [9.17, 15) is 14.4 Å². The van der Waals surface area contributed by atoms with Gasteiger partial charge in [0.05, 0.1) is 37.2 Å². The van der Waals surface area contributed by atoms with Crippen molar-refractivity contribution in [3.63, 3.8) is 0 Å². The number of aromatic nitrogens is 3. The fraction of sp³-hybridized carbons (Fsp3) is 0.212. The van der Waals surface area contributed by atoms with Crippen molar-refractivity contribution in [3.8, 4) is 22.9 Å². The van der Waals surface area contributed by atoms with Gasteiger partial charge in [-0.2, -0.15) is 0 Å². The van der Waals surface area contributed by atoms with Gasteiger partial charge in [-0.25, -0.2) is 13.9 Å². The molecule has 0 saturated heterocycles. The molecular weight excluding hydrogens is 581 g/mol. The number of unbranched alkanes of at least 4 members (excludes halogenated alkanes) is 1. The number of para-hydroxylation sites is 1. The Hall–Kier alpha value is -5.65. The van der Waals surface area contributed by atoms with Crippen LogP contribution < -0.4 is 25.7 Å². The Kier molecular flexibility index (Phi) is 9.42. The van der Waals surface area contributed by atoms with Crippen molar-refractivity contribution >= 4 is 28.6 Å². The van der Waals surface area contributed by atoms with Crippen molar-refractivity contribution in [2.45, 2.75) is 26.3 Å². The van der Waals surface area contributed by atoms with Crippen molar-refractivity contribution in [3.05, 3.63) is 106 Å². The van der Waals surface area contributed by atoms with E-state index < -0.39 is 23.4 Å². The van der Waals surface area contributed by atoms with Crippen LogP contribution in [0.15, 0.2) is 83.8 Å². The van der Waals surface area contributed by atoms with Crippen LogP contribution in [0.2, 0.25) is 0 Å². The van der Waals surface area contributed by atoms with Crippen LogP contribution in [0, 0.1) is 5.82 Å². The molecular formula is C33H32FN5O6. The summed E-state index contributed by atoms with van der Waals surface area (Å²) >= 11 is 0. The fourth-order valence-corrected chi connectivity index (χ4v) is 4.75. The first kappa shape index (κ1) is 30.8. The fourth-order valence-electron chi connectivity index (χ4n) is 4.75. The van der Waals surface area contributed by atoms with Gasteiger partial charge in [0.25, 0.3) is 11.5 Å². The Morgan fingerprint density at radius 2 is 1.80 bits per heavy atom. The maximum absolute atomic E-state index is 15.2. The maximum atomic E-state index is 15.2. The van der Waals surface area contributed by atoms with Crippen molar-refractivity contribution < 1.29 is 28.2 Å². The van der Waals surface area contributed by atoms with Crippen LogP contribution >= 0.6 is 0 Å². The summed E-state index contributed by atoms with van der Waals surface area (Å²) in [5.74, 6) is -0.581. The molecule has 0 aliphatic heterocycles. The summed E-state index contributed by atoms with van der Waals surface area (Å²) in [6, 6.07) is 19.6. The Labute approximate surface area is 258 Å². The summed E-state index contributed by atoms with van der Waals surface area (Å²) in [4.78, 5) is 43.7. The largest absolute Gasteiger partial charge is 0.497 e. The summed E-state index contributed by atoms with van der Waals surface area (Å²) in [6.45, 7) is 2.06. The Morgan fingerprint density at radius 3 is 2.53 bits per heavy atom. The van der Waals surface area contributed by atoms with Crippen molar-refractivity contribution in [2.24, 2.45) is 7.05 Å². The van der Waals surface area contributed by atoms with E-state index in [-0.39, 0.29) is 35.8 Å². The second kappa shape index (κ2) is 13.8. The van der Waals surface area contributed by atoms with Crippen LogP contribution in [0.1, 0.15) is 35.8 Å². The third-order valence-corrected chi connectivity index (χ3v) is 7.06. The van der Waals surface area contributed by atoms with E-state index in [1.165, 1.54) is 21.5 Å². The van der Waals surface area contributed by atoms with Gasteiger partial charge in [-0.1, -0.05) is 31.5 Å². The molecule has 0 bridgehead atoms. The van der Waals surface area contributed by atoms with E-state index in [1.54, 1.807) is 75.0 Å². The van der Waals surface area contributed by atoms with Crippen LogP contribution in [0.25, 0.3) is 16.6 Å². The summed E-state index contributed by atoms with van der Waals surface area (Å²) in [7, 11) is 3.16. The molecule has 0 unspecified atom stereocenters. The zero-order chi connectivity index (χ0) is 31.9. The number of methoxy groups -OCH3 is 1. The smallest absolute Gasteiger partial charge is 0.407 e. The molecule has 12 heteroatoms. The van der Waals surface area contributed by atoms with Gasteiger partial charge in [0.2, 0.25) is 0 Å². The van der Waals surface area contributed by atoms with Crippen LogP contribution in [0.5, 0.6) is 17.2 Å². The predicted molar refractivity (Wildman–Crippen MR) is 167 cm³/mol. The molecule has 45 heavy (non-hydrogen) atoms. The zero-order valence-corrected chi connectivity index (χ0v) is 25.0. The van der Waals surface area contributed by atoms with Crippen LogP contribution in [-0.4, -0.2) is 40.1 Å². The number of nitrogens with zero attached hydrogens (tertiary/aromatic N) is 3. The lowest BCUT2D eigenvalue weighted by molar-refractivity contribution is 0.102. The molecule has 0 saturated carbocycles. The first-order valence-corrected chi connectivity index (χ1v) is 14.3. The number of carbonyl (C=O) groups excluding carboxylic acids is 2. The van der Waals surface area contributed by atoms with Gasteiger partial charge in [0, 0.05) is 36.5 Å². The zero-order valence-electron chi connectivity index (χ0n) is 25.0. The molecule has 2 heterocycles. The third kappa shape index (κ3) is 6.80. The van der Waals surface area contributed by atoms with Crippen LogP contribution in [0.3, 0.4) is 0 Å². The van der Waals surface area contributed by atoms with Crippen molar-refractivity contribution in [1.82, 2.24) is 19.7 Å². The molecule has 2 amide bonds. The molecule has 2 N–H and O–H groups in total. The number of ether oxygens (including phenoxy) is 3. The van der Waals surface area contributed by atoms with Crippen molar-refractivity contribution in [2.75, 3.05) is 19.0 Å². The van der Waals surface area contributed by atoms with E-state index >= 15 is 4.39 Å². The minimum absolute atomic E-state index is 0.0751. The van der Waals surface area contributed by atoms with Gasteiger partial charge in [0.1, 0.15) is 17.1 Å². The van der Waals surface area contributed by atoms with Gasteiger partial charge in [-0.15, -0.1) is 0 Å². The number of rotatable bonds is 11. The van der Waals surface area contributed by atoms with Gasteiger partial charge >= 0.3 is 6.09 Å². The molecule has 3 aromatic carbocycles. The number of fused-ring (bicyclic) bond motifs is 1. The van der Waals surface area contributed by atoms with Crippen LogP contribution in [0.4, 0.5) is 14.9 Å². The van der Waals surface area contributed by atoms with Gasteiger partial charge in [-0.3, -0.25) is 19.3 Å². The SMILES string of the molecule is CCCCOC(=O)NCc1c(C(=O)Nc2ccc(Oc3ccnc4cc(OC)ccc34)c(F)c2)c(=O)n(-c2ccccc2)n1C. The highest BCUT2D eigenvalue weighted by atomic mass is 19.1. The summed E-state index contributed by atoms with van der Waals surface area (Å²) in [5, 5.41) is 5.87. The number of amides is 2. The Bertz CT molecular complexity index is 1900. The molecule has 0 aliphatic rings. The van der Waals surface area contributed by atoms with E-state index in [0.29, 0.717) is 34.5 Å². The lowest BCUT2D eigenvalue weighted by atomic mass is 10.2. The van der Waals surface area contributed by atoms with Crippen molar-refractivity contribution in [1.29, 1.82) is 0 Å². The second-order valence-corrected chi connectivity index (χ2v) is 10.0. The highest BCUT2D eigenvalue weighted by Gasteiger charge is 2.26. The first-order valence-electron chi connectivity index (χ1n) is 14.3. The number of carbonyl (C=O) groups is 2. The number of hydrogen-bond acceptors (Lipinski definition) is 7. The highest BCUT2D eigenvalue weighted by molar-refractivity contribution is 6.05. The molecule has 2 aromatic heterocycles. The molecule has 232 valence electrons. The molecule has 0 aliphatic carbocycles. The minimum Gasteiger partial charge on any atom is -0.497 e. The van der Waals surface area contributed by atoms with Gasteiger partial charge in [-0.05, 0) is 48.9 Å². The first-order chi connectivity index (χ1) is 21.8. The van der Waals surface area contributed by atoms with E-state index in [1.807, 2.05) is 6.92 Å². The molecule has 0 spiro atoms. The number of halogens is 1. The predicted octanol–water partition coefficient (Wildman–Crippen LogP) is 5.94. The lowest BCUT2D eigenvalue weighted by Gasteiger charge is -2.12. The van der Waals surface area contributed by atoms with E-state index in [0.717, 1.165) is 12.5 Å². The summed E-state index contributed by atoms with van der Waals surface area (Å²) < 4.78 is 34.3. The monoisotopic (exact) mass is 613 g/mol. The third-order valence-electron chi connectivity index (χ3n) is 7.06. The topological polar surface area (TPSA) is 126 Å². The lowest BCUT2D eigenvalue weighted by Crippen LogP contribution is -2.28. The normalized spacial score (nSPS) is 10.8. The standard InChI is InChI=1S/C33H32FN5O6/c1-4-5-17-44-33(42)36-20-27-30(32(41)39(38(27)2)22-9-7-6-8-10-22)31(40)37-21-11-14-29(25(34)18-21)45-28-15-16-35-26-19-23(43-3)12-13-24(26)28/h6-16,18-19H,4-5,17,20H2,1-3H3,(H,36,42)(H,37,40). The van der Waals surface area contributed by atoms with E-state index in [4.69, 9.17) is 14.2 Å². The number of nitrogens with one attached hydrogen (secondary N) is 2. The number of benzene rings is 3. The average molecular weight is 614 g/mol. The number of pyridine rings is 1. The van der Waals surface area contributed by atoms with Crippen LogP contribution in [-0.2, 0) is 18.3 Å². The highest BCUT2D eigenvalue weighted by Crippen LogP contribution is 2.33. The minimum atomic E-state index is -0.774. The number of alkyl carbamates (subject to hydrolysis) is 1.